The number of nitrogens with one attached hydrogen (secondary N) is 3. The van der Waals surface area contributed by atoms with Crippen LogP contribution in [-0.4, -0.2) is 24.1 Å². The molecule has 5 nitrogen and oxygen atoms in total. The summed E-state index contributed by atoms with van der Waals surface area (Å²) >= 11 is 0. The molecule has 1 aromatic heterocycles. The highest BCUT2D eigenvalue weighted by atomic mass is 19.1. The van der Waals surface area contributed by atoms with E-state index in [0.29, 0.717) is 23.6 Å². The maximum atomic E-state index is 13.1. The van der Waals surface area contributed by atoms with Crippen molar-refractivity contribution in [3.8, 4) is 11.6 Å². The molecule has 1 aliphatic rings. The van der Waals surface area contributed by atoms with Crippen LogP contribution >= 0.6 is 0 Å². The van der Waals surface area contributed by atoms with E-state index in [1.807, 2.05) is 6.07 Å². The summed E-state index contributed by atoms with van der Waals surface area (Å²) in [6.07, 6.45) is 1.77. The topological polar surface area (TPSA) is 58.2 Å². The standard InChI is InChI=1S/C17H21FN4O/c1-12-14(11-21-22-12)10-19-8-13-5-6-17(20-9-13)23-16-4-2-3-15(18)7-16/h2-7,9,12,14,19,21-22H,8,10-11H2,1H3. The summed E-state index contributed by atoms with van der Waals surface area (Å²) in [7, 11) is 0. The zero-order valence-corrected chi connectivity index (χ0v) is 13.1. The first kappa shape index (κ1) is 15.9. The molecular weight excluding hydrogens is 295 g/mol. The number of rotatable bonds is 6. The highest BCUT2D eigenvalue weighted by Gasteiger charge is 2.21. The van der Waals surface area contributed by atoms with Crippen LogP contribution in [-0.2, 0) is 6.54 Å². The molecule has 1 fully saturated rings. The molecule has 23 heavy (non-hydrogen) atoms. The molecule has 2 unspecified atom stereocenters. The van der Waals surface area contributed by atoms with Crippen LogP contribution in [0.3, 0.4) is 0 Å². The van der Waals surface area contributed by atoms with Crippen molar-refractivity contribution in [2.24, 2.45) is 5.92 Å². The Bertz CT molecular complexity index is 635. The second-order valence-corrected chi connectivity index (χ2v) is 5.77. The van der Waals surface area contributed by atoms with Crippen LogP contribution in [0.5, 0.6) is 11.6 Å². The number of aromatic nitrogens is 1. The summed E-state index contributed by atoms with van der Waals surface area (Å²) in [5.41, 5.74) is 7.45. The lowest BCUT2D eigenvalue weighted by Gasteiger charge is -2.14. The van der Waals surface area contributed by atoms with Crippen molar-refractivity contribution in [2.75, 3.05) is 13.1 Å². The average Bonchev–Trinajstić information content (AvgIpc) is 2.94. The Morgan fingerprint density at radius 1 is 1.35 bits per heavy atom. The second kappa shape index (κ2) is 7.50. The first-order valence-corrected chi connectivity index (χ1v) is 7.78. The third kappa shape index (κ3) is 4.48. The maximum Gasteiger partial charge on any atom is 0.219 e. The van der Waals surface area contributed by atoms with Gasteiger partial charge in [0.15, 0.2) is 0 Å². The predicted octanol–water partition coefficient (Wildman–Crippen LogP) is 2.22. The van der Waals surface area contributed by atoms with E-state index in [9.17, 15) is 4.39 Å². The summed E-state index contributed by atoms with van der Waals surface area (Å²) in [6, 6.07) is 10.3. The van der Waals surface area contributed by atoms with Crippen molar-refractivity contribution >= 4 is 0 Å². The Kier molecular flexibility index (Phi) is 5.17. The second-order valence-electron chi connectivity index (χ2n) is 5.77. The Hall–Kier alpha value is -2.02. The molecule has 3 rings (SSSR count). The van der Waals surface area contributed by atoms with Crippen LogP contribution in [0.4, 0.5) is 4.39 Å². The van der Waals surface area contributed by atoms with E-state index >= 15 is 0 Å². The zero-order valence-electron chi connectivity index (χ0n) is 13.1. The molecular formula is C17H21FN4O. The fourth-order valence-corrected chi connectivity index (χ4v) is 2.52. The van der Waals surface area contributed by atoms with Crippen LogP contribution in [0.15, 0.2) is 42.6 Å². The number of benzene rings is 1. The molecule has 2 atom stereocenters. The Morgan fingerprint density at radius 2 is 2.26 bits per heavy atom. The molecule has 0 bridgehead atoms. The molecule has 0 saturated carbocycles. The largest absolute Gasteiger partial charge is 0.439 e. The van der Waals surface area contributed by atoms with Crippen LogP contribution in [0.2, 0.25) is 0 Å². The number of hydrogen-bond donors (Lipinski definition) is 3. The lowest BCUT2D eigenvalue weighted by molar-refractivity contribution is 0.450. The van der Waals surface area contributed by atoms with E-state index < -0.39 is 0 Å². The van der Waals surface area contributed by atoms with E-state index in [2.05, 4.69) is 28.1 Å². The normalized spacial score (nSPS) is 20.6. The Labute approximate surface area is 135 Å². The highest BCUT2D eigenvalue weighted by Crippen LogP contribution is 2.20. The molecule has 0 aliphatic carbocycles. The lowest BCUT2D eigenvalue weighted by atomic mass is 10.0. The van der Waals surface area contributed by atoms with Crippen LogP contribution < -0.4 is 20.9 Å². The number of hydrazine groups is 1. The van der Waals surface area contributed by atoms with Gasteiger partial charge < -0.3 is 10.1 Å². The van der Waals surface area contributed by atoms with E-state index in [-0.39, 0.29) is 5.82 Å². The van der Waals surface area contributed by atoms with Crippen LogP contribution in [0.1, 0.15) is 12.5 Å². The molecule has 2 aromatic rings. The van der Waals surface area contributed by atoms with Gasteiger partial charge in [0.25, 0.3) is 0 Å². The molecule has 1 aliphatic heterocycles. The van der Waals surface area contributed by atoms with E-state index in [1.54, 1.807) is 24.4 Å². The monoisotopic (exact) mass is 316 g/mol. The minimum atomic E-state index is -0.326. The van der Waals surface area contributed by atoms with Crippen molar-refractivity contribution in [2.45, 2.75) is 19.5 Å². The quantitative estimate of drug-likeness (QED) is 0.763. The first-order valence-electron chi connectivity index (χ1n) is 7.78. The molecule has 3 N–H and O–H groups in total. The Balaban J connectivity index is 1.49. The Morgan fingerprint density at radius 3 is 2.96 bits per heavy atom. The van der Waals surface area contributed by atoms with Gasteiger partial charge in [-0.25, -0.2) is 9.37 Å². The molecule has 1 aromatic carbocycles. The zero-order chi connectivity index (χ0) is 16.1. The fourth-order valence-electron chi connectivity index (χ4n) is 2.52. The molecule has 1 saturated heterocycles. The van der Waals surface area contributed by atoms with Gasteiger partial charge in [-0.3, -0.25) is 10.9 Å². The number of ether oxygens (including phenoxy) is 1. The van der Waals surface area contributed by atoms with Gasteiger partial charge in [0.2, 0.25) is 5.88 Å². The average molecular weight is 316 g/mol. The van der Waals surface area contributed by atoms with Gasteiger partial charge in [0.05, 0.1) is 0 Å². The molecule has 0 amide bonds. The summed E-state index contributed by atoms with van der Waals surface area (Å²) in [4.78, 5) is 4.26. The van der Waals surface area contributed by atoms with Crippen molar-refractivity contribution in [1.82, 2.24) is 21.2 Å². The highest BCUT2D eigenvalue weighted by molar-refractivity contribution is 5.28. The molecule has 2 heterocycles. The van der Waals surface area contributed by atoms with Crippen LogP contribution in [0, 0.1) is 11.7 Å². The van der Waals surface area contributed by atoms with Gasteiger partial charge in [0, 0.05) is 49.9 Å². The molecule has 122 valence electrons. The number of nitrogens with zero attached hydrogens (tertiary/aromatic N) is 1. The van der Waals surface area contributed by atoms with Crippen molar-refractivity contribution < 1.29 is 9.13 Å². The van der Waals surface area contributed by atoms with E-state index in [4.69, 9.17) is 4.74 Å². The number of pyridine rings is 1. The summed E-state index contributed by atoms with van der Waals surface area (Å²) in [5.74, 6) is 1.16. The van der Waals surface area contributed by atoms with E-state index in [1.165, 1.54) is 12.1 Å². The smallest absolute Gasteiger partial charge is 0.219 e. The minimum Gasteiger partial charge on any atom is -0.439 e. The molecule has 6 heteroatoms. The van der Waals surface area contributed by atoms with Crippen molar-refractivity contribution in [3.63, 3.8) is 0 Å². The van der Waals surface area contributed by atoms with Crippen molar-refractivity contribution in [1.29, 1.82) is 0 Å². The molecule has 0 spiro atoms. The first-order chi connectivity index (χ1) is 11.2. The van der Waals surface area contributed by atoms with Gasteiger partial charge in [-0.15, -0.1) is 0 Å². The van der Waals surface area contributed by atoms with Gasteiger partial charge in [-0.05, 0) is 24.6 Å². The summed E-state index contributed by atoms with van der Waals surface area (Å²) in [5, 5.41) is 3.44. The number of halogens is 1. The third-order valence-corrected chi connectivity index (χ3v) is 3.95. The third-order valence-electron chi connectivity index (χ3n) is 3.95. The van der Waals surface area contributed by atoms with Gasteiger partial charge in [-0.1, -0.05) is 12.1 Å². The predicted molar refractivity (Wildman–Crippen MR) is 86.5 cm³/mol. The van der Waals surface area contributed by atoms with Gasteiger partial charge in [-0.2, -0.15) is 0 Å². The minimum absolute atomic E-state index is 0.326. The van der Waals surface area contributed by atoms with E-state index in [0.717, 1.165) is 25.2 Å². The summed E-state index contributed by atoms with van der Waals surface area (Å²) < 4.78 is 18.6. The maximum absolute atomic E-state index is 13.1. The fraction of sp³-hybridized carbons (Fsp3) is 0.353. The summed E-state index contributed by atoms with van der Waals surface area (Å²) in [6.45, 7) is 4.86. The van der Waals surface area contributed by atoms with Gasteiger partial charge in [0.1, 0.15) is 11.6 Å². The van der Waals surface area contributed by atoms with Gasteiger partial charge >= 0.3 is 0 Å². The SMILES string of the molecule is CC1NNCC1CNCc1ccc(Oc2cccc(F)c2)nc1. The number of hydrogen-bond acceptors (Lipinski definition) is 5. The lowest BCUT2D eigenvalue weighted by Crippen LogP contribution is -2.32. The van der Waals surface area contributed by atoms with Crippen LogP contribution in [0.25, 0.3) is 0 Å². The molecule has 0 radical (unpaired) electrons. The van der Waals surface area contributed by atoms with Crippen molar-refractivity contribution in [3.05, 3.63) is 54.0 Å².